The zero-order valence-electron chi connectivity index (χ0n) is 10.9. The van der Waals surface area contributed by atoms with Gasteiger partial charge in [-0.3, -0.25) is 4.79 Å². The minimum Gasteiger partial charge on any atom is -0.480 e. The number of benzene rings is 1. The van der Waals surface area contributed by atoms with Gasteiger partial charge in [0.15, 0.2) is 0 Å². The average molecular weight is 349 g/mol. The van der Waals surface area contributed by atoms with Crippen LogP contribution in [-0.4, -0.2) is 34.0 Å². The Balaban J connectivity index is 3.15. The highest BCUT2D eigenvalue weighted by molar-refractivity contribution is 9.10. The maximum atomic E-state index is 12.4. The Morgan fingerprint density at radius 1 is 1.42 bits per heavy atom. The molecule has 0 aliphatic carbocycles. The highest BCUT2D eigenvalue weighted by Crippen LogP contribution is 2.25. The van der Waals surface area contributed by atoms with Gasteiger partial charge in [0.1, 0.15) is 5.54 Å². The first-order valence-corrected chi connectivity index (χ1v) is 6.89. The fourth-order valence-electron chi connectivity index (χ4n) is 1.69. The molecule has 0 bridgehead atoms. The van der Waals surface area contributed by atoms with Crippen LogP contribution >= 0.6 is 27.5 Å². The maximum absolute atomic E-state index is 12.4. The van der Waals surface area contributed by atoms with Crippen LogP contribution in [0.3, 0.4) is 0 Å². The van der Waals surface area contributed by atoms with Gasteiger partial charge in [-0.2, -0.15) is 0 Å². The molecule has 0 fully saturated rings. The Hall–Kier alpha value is -1.07. The highest BCUT2D eigenvalue weighted by atomic mass is 79.9. The topological polar surface area (TPSA) is 57.6 Å². The van der Waals surface area contributed by atoms with Gasteiger partial charge >= 0.3 is 5.97 Å². The molecule has 1 rings (SSSR count). The zero-order valence-corrected chi connectivity index (χ0v) is 13.2. The smallest absolute Gasteiger partial charge is 0.329 e. The lowest BCUT2D eigenvalue weighted by molar-refractivity contribution is -0.147. The van der Waals surface area contributed by atoms with Crippen LogP contribution < -0.4 is 0 Å². The summed E-state index contributed by atoms with van der Waals surface area (Å²) in [4.78, 5) is 25.0. The Kier molecular flexibility index (Phi) is 4.98. The Labute approximate surface area is 125 Å². The summed E-state index contributed by atoms with van der Waals surface area (Å²) in [5.41, 5.74) is -0.870. The Bertz CT molecular complexity index is 517. The number of carbonyl (C=O) groups is 2. The number of halogens is 2. The van der Waals surface area contributed by atoms with Gasteiger partial charge in [-0.15, -0.1) is 0 Å². The van der Waals surface area contributed by atoms with E-state index in [1.165, 1.54) is 18.7 Å². The van der Waals surface area contributed by atoms with Gasteiger partial charge in [-0.1, -0.05) is 11.6 Å². The third-order valence-corrected chi connectivity index (χ3v) is 4.14. The van der Waals surface area contributed by atoms with Gasteiger partial charge in [0, 0.05) is 16.6 Å². The molecule has 1 aromatic rings. The molecule has 1 aromatic carbocycles. The van der Waals surface area contributed by atoms with Crippen molar-refractivity contribution < 1.29 is 14.7 Å². The van der Waals surface area contributed by atoms with Gasteiger partial charge < -0.3 is 10.0 Å². The van der Waals surface area contributed by atoms with E-state index in [0.29, 0.717) is 21.6 Å². The number of carboxylic acid groups (broad SMARTS) is 1. The highest BCUT2D eigenvalue weighted by Gasteiger charge is 2.37. The molecule has 104 valence electrons. The number of rotatable bonds is 4. The second-order valence-electron chi connectivity index (χ2n) is 4.54. The number of hydrogen-bond acceptors (Lipinski definition) is 2. The molecule has 6 heteroatoms. The molecule has 0 unspecified atom stereocenters. The molecule has 0 aromatic heterocycles. The van der Waals surface area contributed by atoms with Crippen LogP contribution in [0.2, 0.25) is 5.02 Å². The summed E-state index contributed by atoms with van der Waals surface area (Å²) in [5.74, 6) is -1.39. The Morgan fingerprint density at radius 2 is 2.00 bits per heavy atom. The minimum atomic E-state index is -1.27. The summed E-state index contributed by atoms with van der Waals surface area (Å²) < 4.78 is 0.601. The van der Waals surface area contributed by atoms with Crippen molar-refractivity contribution in [1.29, 1.82) is 0 Å². The molecular formula is C13H15BrClNO3. The predicted molar refractivity (Wildman–Crippen MR) is 77.6 cm³/mol. The summed E-state index contributed by atoms with van der Waals surface area (Å²) in [6.07, 6.45) is 0. The fourth-order valence-corrected chi connectivity index (χ4v) is 2.19. The van der Waals surface area contributed by atoms with Crippen LogP contribution in [0.1, 0.15) is 31.1 Å². The summed E-state index contributed by atoms with van der Waals surface area (Å²) in [6, 6.07) is 4.77. The van der Waals surface area contributed by atoms with Crippen molar-refractivity contribution in [1.82, 2.24) is 4.90 Å². The Morgan fingerprint density at radius 3 is 2.42 bits per heavy atom. The van der Waals surface area contributed by atoms with E-state index in [2.05, 4.69) is 15.9 Å². The van der Waals surface area contributed by atoms with Crippen molar-refractivity contribution in [3.63, 3.8) is 0 Å². The van der Waals surface area contributed by atoms with Crippen LogP contribution in [0.4, 0.5) is 0 Å². The van der Waals surface area contributed by atoms with Crippen molar-refractivity contribution in [3.8, 4) is 0 Å². The van der Waals surface area contributed by atoms with E-state index in [9.17, 15) is 14.7 Å². The van der Waals surface area contributed by atoms with E-state index in [4.69, 9.17) is 11.6 Å². The fraction of sp³-hybridized carbons (Fsp3) is 0.385. The standard InChI is InChI=1S/C13H15BrClNO3/c1-4-16(13(2,3)12(18)19)11(17)8-5-6-10(15)9(14)7-8/h5-7H,4H2,1-3H3,(H,18,19). The van der Waals surface area contributed by atoms with E-state index >= 15 is 0 Å². The number of amides is 1. The lowest BCUT2D eigenvalue weighted by Crippen LogP contribution is -2.52. The van der Waals surface area contributed by atoms with E-state index in [0.717, 1.165) is 0 Å². The zero-order chi connectivity index (χ0) is 14.8. The summed E-state index contributed by atoms with van der Waals surface area (Å²) in [7, 11) is 0. The largest absolute Gasteiger partial charge is 0.480 e. The molecule has 0 atom stereocenters. The SMILES string of the molecule is CCN(C(=O)c1ccc(Cl)c(Br)c1)C(C)(C)C(=O)O. The van der Waals surface area contributed by atoms with Crippen LogP contribution in [0.25, 0.3) is 0 Å². The second kappa shape index (κ2) is 5.92. The molecule has 0 aliphatic rings. The number of carbonyl (C=O) groups excluding carboxylic acids is 1. The van der Waals surface area contributed by atoms with Gasteiger partial charge in [0.2, 0.25) is 0 Å². The number of likely N-dealkylation sites (N-methyl/N-ethyl adjacent to an activating group) is 1. The molecule has 1 amide bonds. The first-order valence-electron chi connectivity index (χ1n) is 5.72. The van der Waals surface area contributed by atoms with E-state index in [-0.39, 0.29) is 5.91 Å². The van der Waals surface area contributed by atoms with Crippen LogP contribution in [0.5, 0.6) is 0 Å². The van der Waals surface area contributed by atoms with Crippen LogP contribution in [0.15, 0.2) is 22.7 Å². The van der Waals surface area contributed by atoms with Crippen molar-refractivity contribution in [3.05, 3.63) is 33.3 Å². The van der Waals surface area contributed by atoms with Crippen molar-refractivity contribution >= 4 is 39.4 Å². The molecule has 19 heavy (non-hydrogen) atoms. The van der Waals surface area contributed by atoms with Crippen molar-refractivity contribution in [2.24, 2.45) is 0 Å². The van der Waals surface area contributed by atoms with E-state index in [1.807, 2.05) is 0 Å². The number of nitrogens with zero attached hydrogens (tertiary/aromatic N) is 1. The van der Waals surface area contributed by atoms with Crippen molar-refractivity contribution in [2.45, 2.75) is 26.3 Å². The summed E-state index contributed by atoms with van der Waals surface area (Å²) >= 11 is 9.12. The quantitative estimate of drug-likeness (QED) is 0.907. The lowest BCUT2D eigenvalue weighted by atomic mass is 10.0. The number of aliphatic carboxylic acids is 1. The second-order valence-corrected chi connectivity index (χ2v) is 5.80. The van der Waals surface area contributed by atoms with Crippen LogP contribution in [-0.2, 0) is 4.79 Å². The monoisotopic (exact) mass is 347 g/mol. The third-order valence-electron chi connectivity index (χ3n) is 2.93. The molecule has 0 saturated heterocycles. The molecule has 0 radical (unpaired) electrons. The van der Waals surface area contributed by atoms with E-state index in [1.54, 1.807) is 25.1 Å². The molecule has 0 heterocycles. The first-order chi connectivity index (χ1) is 8.71. The molecule has 0 aliphatic heterocycles. The molecule has 0 spiro atoms. The lowest BCUT2D eigenvalue weighted by Gasteiger charge is -2.34. The van der Waals surface area contributed by atoms with Gasteiger partial charge in [-0.25, -0.2) is 4.79 Å². The van der Waals surface area contributed by atoms with Crippen molar-refractivity contribution in [2.75, 3.05) is 6.54 Å². The average Bonchev–Trinajstić information content (AvgIpc) is 2.32. The van der Waals surface area contributed by atoms with E-state index < -0.39 is 11.5 Å². The molecule has 4 nitrogen and oxygen atoms in total. The third kappa shape index (κ3) is 3.28. The normalized spacial score (nSPS) is 11.2. The predicted octanol–water partition coefficient (Wildman–Crippen LogP) is 3.43. The molecule has 1 N–H and O–H groups in total. The minimum absolute atomic E-state index is 0.304. The number of carboxylic acids is 1. The van der Waals surface area contributed by atoms with Gasteiger partial charge in [0.05, 0.1) is 5.02 Å². The van der Waals surface area contributed by atoms with Crippen LogP contribution in [0, 0.1) is 0 Å². The molecular weight excluding hydrogens is 334 g/mol. The van der Waals surface area contributed by atoms with Gasteiger partial charge in [-0.05, 0) is 54.9 Å². The molecule has 0 saturated carbocycles. The summed E-state index contributed by atoms with van der Waals surface area (Å²) in [5, 5.41) is 9.71. The van der Waals surface area contributed by atoms with Gasteiger partial charge in [0.25, 0.3) is 5.91 Å². The summed E-state index contributed by atoms with van der Waals surface area (Å²) in [6.45, 7) is 5.05. The maximum Gasteiger partial charge on any atom is 0.329 e. The number of hydrogen-bond donors (Lipinski definition) is 1. The first kappa shape index (κ1) is 16.0.